The molecule has 4 rings (SSSR count). The fraction of sp³-hybridized carbons (Fsp3) is 0.294. The SMILES string of the molecule is CC(C)Cc1cc(-c2nn3c(CSc4ccccc4)nnc3s2)n[nH]1. The number of nitrogens with one attached hydrogen (secondary N) is 1. The van der Waals surface area contributed by atoms with Gasteiger partial charge in [0.15, 0.2) is 10.8 Å². The van der Waals surface area contributed by atoms with Gasteiger partial charge >= 0.3 is 0 Å². The number of hydrogen-bond acceptors (Lipinski definition) is 6. The average Bonchev–Trinajstić information content (AvgIpc) is 3.29. The van der Waals surface area contributed by atoms with Crippen molar-refractivity contribution in [3.63, 3.8) is 0 Å². The number of fused-ring (bicyclic) bond motifs is 1. The highest BCUT2D eigenvalue weighted by Gasteiger charge is 2.15. The smallest absolute Gasteiger partial charge is 0.235 e. The van der Waals surface area contributed by atoms with Gasteiger partial charge < -0.3 is 0 Å². The Morgan fingerprint density at radius 2 is 2.04 bits per heavy atom. The highest BCUT2D eigenvalue weighted by Crippen LogP contribution is 2.27. The Morgan fingerprint density at radius 3 is 2.84 bits per heavy atom. The van der Waals surface area contributed by atoms with Gasteiger partial charge in [-0.05, 0) is 30.5 Å². The molecular formula is C17H18N6S2. The molecule has 0 atom stereocenters. The monoisotopic (exact) mass is 370 g/mol. The molecular weight excluding hydrogens is 352 g/mol. The molecule has 1 aromatic carbocycles. The Labute approximate surface area is 153 Å². The van der Waals surface area contributed by atoms with Crippen LogP contribution in [0.1, 0.15) is 25.4 Å². The standard InChI is InChI=1S/C17H18N6S2/c1-11(2)8-12-9-14(19-18-12)16-22-23-15(20-21-17(23)25-16)10-24-13-6-4-3-5-7-13/h3-7,9,11H,8,10H2,1-2H3,(H,18,19). The van der Waals surface area contributed by atoms with Crippen LogP contribution in [0.2, 0.25) is 0 Å². The third-order valence-corrected chi connectivity index (χ3v) is 5.57. The Morgan fingerprint density at radius 1 is 1.20 bits per heavy atom. The van der Waals surface area contributed by atoms with E-state index in [1.54, 1.807) is 11.8 Å². The molecule has 25 heavy (non-hydrogen) atoms. The summed E-state index contributed by atoms with van der Waals surface area (Å²) >= 11 is 3.24. The predicted octanol–water partition coefficient (Wildman–Crippen LogP) is 4.07. The van der Waals surface area contributed by atoms with Crippen LogP contribution < -0.4 is 0 Å². The van der Waals surface area contributed by atoms with Crippen LogP contribution in [-0.4, -0.2) is 30.0 Å². The summed E-state index contributed by atoms with van der Waals surface area (Å²) in [6, 6.07) is 12.3. The van der Waals surface area contributed by atoms with Crippen LogP contribution in [-0.2, 0) is 12.2 Å². The molecule has 1 N–H and O–H groups in total. The molecule has 0 aliphatic heterocycles. The van der Waals surface area contributed by atoms with Crippen molar-refractivity contribution in [1.82, 2.24) is 30.0 Å². The van der Waals surface area contributed by atoms with Gasteiger partial charge in [-0.1, -0.05) is 43.4 Å². The predicted molar refractivity (Wildman–Crippen MR) is 101 cm³/mol. The van der Waals surface area contributed by atoms with E-state index in [2.05, 4.69) is 57.5 Å². The maximum atomic E-state index is 4.66. The number of rotatable bonds is 6. The zero-order chi connectivity index (χ0) is 17.2. The van der Waals surface area contributed by atoms with Crippen LogP contribution in [0.25, 0.3) is 15.7 Å². The number of hydrogen-bond donors (Lipinski definition) is 1. The zero-order valence-corrected chi connectivity index (χ0v) is 15.6. The third kappa shape index (κ3) is 3.59. The zero-order valence-electron chi connectivity index (χ0n) is 14.0. The van der Waals surface area contributed by atoms with E-state index in [-0.39, 0.29) is 0 Å². The van der Waals surface area contributed by atoms with E-state index >= 15 is 0 Å². The molecule has 6 nitrogen and oxygen atoms in total. The number of thioether (sulfide) groups is 1. The van der Waals surface area contributed by atoms with Gasteiger partial charge in [-0.3, -0.25) is 5.10 Å². The van der Waals surface area contributed by atoms with Gasteiger partial charge in [-0.2, -0.15) is 14.7 Å². The van der Waals surface area contributed by atoms with Crippen molar-refractivity contribution in [1.29, 1.82) is 0 Å². The van der Waals surface area contributed by atoms with Crippen molar-refractivity contribution in [2.45, 2.75) is 30.9 Å². The van der Waals surface area contributed by atoms with Gasteiger partial charge in [0.2, 0.25) is 4.96 Å². The van der Waals surface area contributed by atoms with Crippen molar-refractivity contribution >= 4 is 28.1 Å². The van der Waals surface area contributed by atoms with Crippen LogP contribution in [0, 0.1) is 5.92 Å². The van der Waals surface area contributed by atoms with Crippen molar-refractivity contribution < 1.29 is 0 Å². The fourth-order valence-corrected chi connectivity index (χ4v) is 4.18. The quantitative estimate of drug-likeness (QED) is 0.518. The third-order valence-electron chi connectivity index (χ3n) is 3.64. The van der Waals surface area contributed by atoms with E-state index in [9.17, 15) is 0 Å². The lowest BCUT2D eigenvalue weighted by Crippen LogP contribution is -1.94. The molecule has 0 fully saturated rings. The minimum atomic E-state index is 0.590. The summed E-state index contributed by atoms with van der Waals surface area (Å²) in [5.41, 5.74) is 2.00. The Kier molecular flexibility index (Phi) is 4.54. The summed E-state index contributed by atoms with van der Waals surface area (Å²) in [7, 11) is 0. The molecule has 0 aliphatic rings. The van der Waals surface area contributed by atoms with E-state index in [4.69, 9.17) is 0 Å². The lowest BCUT2D eigenvalue weighted by atomic mass is 10.1. The van der Waals surface area contributed by atoms with E-state index in [0.717, 1.165) is 39.4 Å². The molecule has 0 spiro atoms. The first-order chi connectivity index (χ1) is 12.2. The molecule has 4 aromatic rings. The van der Waals surface area contributed by atoms with Crippen molar-refractivity contribution in [3.8, 4) is 10.7 Å². The van der Waals surface area contributed by atoms with Gasteiger partial charge in [0, 0.05) is 10.6 Å². The first-order valence-electron chi connectivity index (χ1n) is 8.12. The van der Waals surface area contributed by atoms with E-state index in [1.807, 2.05) is 22.7 Å². The summed E-state index contributed by atoms with van der Waals surface area (Å²) < 4.78 is 1.83. The second kappa shape index (κ2) is 6.97. The van der Waals surface area contributed by atoms with Crippen LogP contribution in [0.3, 0.4) is 0 Å². The summed E-state index contributed by atoms with van der Waals surface area (Å²) in [6.45, 7) is 4.39. The number of aromatic nitrogens is 6. The number of nitrogens with zero attached hydrogens (tertiary/aromatic N) is 5. The normalized spacial score (nSPS) is 11.6. The molecule has 3 aromatic heterocycles. The lowest BCUT2D eigenvalue weighted by Gasteiger charge is -1.98. The van der Waals surface area contributed by atoms with Crippen LogP contribution in [0.4, 0.5) is 0 Å². The second-order valence-electron chi connectivity index (χ2n) is 6.20. The lowest BCUT2D eigenvalue weighted by molar-refractivity contribution is 0.633. The van der Waals surface area contributed by atoms with Crippen molar-refractivity contribution in [3.05, 3.63) is 47.9 Å². The molecule has 128 valence electrons. The highest BCUT2D eigenvalue weighted by molar-refractivity contribution is 7.98. The molecule has 8 heteroatoms. The van der Waals surface area contributed by atoms with E-state index in [0.29, 0.717) is 5.92 Å². The molecule has 0 saturated carbocycles. The summed E-state index contributed by atoms with van der Waals surface area (Å²) in [6.07, 6.45) is 0.982. The van der Waals surface area contributed by atoms with Gasteiger partial charge in [-0.25, -0.2) is 0 Å². The first kappa shape index (κ1) is 16.3. The Hall–Kier alpha value is -2.19. The molecule has 0 saturated heterocycles. The van der Waals surface area contributed by atoms with E-state index in [1.165, 1.54) is 16.2 Å². The summed E-state index contributed by atoms with van der Waals surface area (Å²) in [4.78, 5) is 2.01. The number of aromatic amines is 1. The van der Waals surface area contributed by atoms with Gasteiger partial charge in [0.25, 0.3) is 0 Å². The van der Waals surface area contributed by atoms with Crippen LogP contribution >= 0.6 is 23.1 Å². The molecule has 0 bridgehead atoms. The van der Waals surface area contributed by atoms with E-state index < -0.39 is 0 Å². The second-order valence-corrected chi connectivity index (χ2v) is 8.20. The molecule has 0 amide bonds. The van der Waals surface area contributed by atoms with Gasteiger partial charge in [0.1, 0.15) is 5.69 Å². The molecule has 0 radical (unpaired) electrons. The Balaban J connectivity index is 1.55. The fourth-order valence-electron chi connectivity index (χ4n) is 2.53. The van der Waals surface area contributed by atoms with Crippen molar-refractivity contribution in [2.75, 3.05) is 0 Å². The minimum Gasteiger partial charge on any atom is -0.282 e. The molecule has 0 aliphatic carbocycles. The Bertz CT molecular complexity index is 970. The largest absolute Gasteiger partial charge is 0.282 e. The maximum Gasteiger partial charge on any atom is 0.235 e. The number of H-pyrrole nitrogens is 1. The minimum absolute atomic E-state index is 0.590. The number of benzene rings is 1. The molecule has 0 unspecified atom stereocenters. The van der Waals surface area contributed by atoms with Crippen molar-refractivity contribution in [2.24, 2.45) is 5.92 Å². The molecule has 3 heterocycles. The highest BCUT2D eigenvalue weighted by atomic mass is 32.2. The first-order valence-corrected chi connectivity index (χ1v) is 9.93. The van der Waals surface area contributed by atoms with Gasteiger partial charge in [-0.15, -0.1) is 22.0 Å². The van der Waals surface area contributed by atoms with Crippen LogP contribution in [0.15, 0.2) is 41.3 Å². The summed E-state index contributed by atoms with van der Waals surface area (Å²) in [5.74, 6) is 2.17. The maximum absolute atomic E-state index is 4.66. The topological polar surface area (TPSA) is 71.8 Å². The summed E-state index contributed by atoms with van der Waals surface area (Å²) in [5, 5.41) is 21.5. The average molecular weight is 371 g/mol. The van der Waals surface area contributed by atoms with Crippen LogP contribution in [0.5, 0.6) is 0 Å². The van der Waals surface area contributed by atoms with Gasteiger partial charge in [0.05, 0.1) is 5.75 Å².